The molecule has 3 fully saturated rings. The third-order valence-corrected chi connectivity index (χ3v) is 6.30. The van der Waals surface area contributed by atoms with Crippen LogP contribution in [-0.2, 0) is 23.7 Å². The van der Waals surface area contributed by atoms with Crippen molar-refractivity contribution in [1.82, 2.24) is 9.80 Å². The van der Waals surface area contributed by atoms with Crippen molar-refractivity contribution in [1.29, 1.82) is 0 Å². The van der Waals surface area contributed by atoms with Gasteiger partial charge >= 0.3 is 5.97 Å². The topological polar surface area (TPSA) is 60.5 Å². The van der Waals surface area contributed by atoms with E-state index < -0.39 is 5.91 Å². The van der Waals surface area contributed by atoms with Crippen molar-refractivity contribution in [3.8, 4) is 0 Å². The lowest BCUT2D eigenvalue weighted by Crippen LogP contribution is -2.59. The van der Waals surface area contributed by atoms with Crippen molar-refractivity contribution in [2.45, 2.75) is 76.7 Å². The molecule has 0 spiro atoms. The van der Waals surface area contributed by atoms with Crippen molar-refractivity contribution < 1.29 is 23.7 Å². The molecule has 0 bridgehead atoms. The van der Waals surface area contributed by atoms with E-state index >= 15 is 0 Å². The summed E-state index contributed by atoms with van der Waals surface area (Å²) in [6.45, 7) is 5.31. The predicted octanol–water partition coefficient (Wildman–Crippen LogP) is 2.55. The number of hydrogen-bond acceptors (Lipinski definition) is 7. The van der Waals surface area contributed by atoms with Gasteiger partial charge in [-0.2, -0.15) is 0 Å². The summed E-state index contributed by atoms with van der Waals surface area (Å²) in [4.78, 5) is 16.7. The normalized spacial score (nSPS) is 30.5. The first-order valence-electron chi connectivity index (χ1n) is 10.6. The molecule has 1 saturated carbocycles. The maximum atomic E-state index is 12.0. The Labute approximate surface area is 163 Å². The molecule has 2 saturated heterocycles. The van der Waals surface area contributed by atoms with Crippen LogP contribution in [0.15, 0.2) is 0 Å². The Morgan fingerprint density at radius 2 is 1.70 bits per heavy atom. The highest BCUT2D eigenvalue weighted by molar-refractivity contribution is 5.72. The van der Waals surface area contributed by atoms with Gasteiger partial charge in [-0.15, -0.1) is 0 Å². The Kier molecular flexibility index (Phi) is 7.50. The minimum atomic E-state index is -0.699. The number of ether oxygens (including phenoxy) is 4. The maximum absolute atomic E-state index is 12.0. The SMILES string of the molecule is CCOC(=O)[C@H]1CC[C@H](OC(N2CCCC2)N2CCCC2(OC)OC)CC1. The highest BCUT2D eigenvalue weighted by Gasteiger charge is 2.48. The summed E-state index contributed by atoms with van der Waals surface area (Å²) < 4.78 is 23.4. The van der Waals surface area contributed by atoms with Gasteiger partial charge in [0.1, 0.15) is 0 Å². The van der Waals surface area contributed by atoms with Gasteiger partial charge in [-0.05, 0) is 51.9 Å². The van der Waals surface area contributed by atoms with E-state index in [0.29, 0.717) is 6.61 Å². The van der Waals surface area contributed by atoms with Gasteiger partial charge in [-0.3, -0.25) is 9.69 Å². The monoisotopic (exact) mass is 384 g/mol. The van der Waals surface area contributed by atoms with Crippen molar-refractivity contribution in [2.24, 2.45) is 5.92 Å². The van der Waals surface area contributed by atoms with E-state index in [4.69, 9.17) is 18.9 Å². The number of likely N-dealkylation sites (tertiary alicyclic amines) is 2. The van der Waals surface area contributed by atoms with E-state index in [9.17, 15) is 4.79 Å². The molecule has 7 heteroatoms. The number of methoxy groups -OCH3 is 2. The lowest BCUT2D eigenvalue weighted by molar-refractivity contribution is -0.336. The van der Waals surface area contributed by atoms with Gasteiger partial charge in [-0.1, -0.05) is 0 Å². The summed E-state index contributed by atoms with van der Waals surface area (Å²) in [6, 6.07) is 0. The molecule has 0 aromatic rings. The van der Waals surface area contributed by atoms with Crippen LogP contribution in [0.2, 0.25) is 0 Å². The fourth-order valence-corrected chi connectivity index (χ4v) is 4.77. The molecule has 2 heterocycles. The Morgan fingerprint density at radius 1 is 1.04 bits per heavy atom. The van der Waals surface area contributed by atoms with Crippen LogP contribution in [0, 0.1) is 5.92 Å². The number of rotatable bonds is 8. The Morgan fingerprint density at radius 3 is 2.30 bits per heavy atom. The number of hydrogen-bond donors (Lipinski definition) is 0. The summed E-state index contributed by atoms with van der Waals surface area (Å²) in [5.41, 5.74) is 0. The molecule has 156 valence electrons. The lowest BCUT2D eigenvalue weighted by Gasteiger charge is -2.45. The van der Waals surface area contributed by atoms with Crippen LogP contribution in [0.1, 0.15) is 58.3 Å². The molecule has 0 aromatic heterocycles. The second-order valence-corrected chi connectivity index (χ2v) is 7.85. The van der Waals surface area contributed by atoms with E-state index in [0.717, 1.165) is 58.2 Å². The fraction of sp³-hybridized carbons (Fsp3) is 0.950. The third kappa shape index (κ3) is 4.65. The summed E-state index contributed by atoms with van der Waals surface area (Å²) in [7, 11) is 3.43. The molecule has 3 aliphatic rings. The molecule has 7 nitrogen and oxygen atoms in total. The average Bonchev–Trinajstić information content (AvgIpc) is 3.37. The molecule has 1 aliphatic carbocycles. The zero-order valence-corrected chi connectivity index (χ0v) is 17.2. The minimum absolute atomic E-state index is 0.0267. The molecule has 1 unspecified atom stereocenters. The van der Waals surface area contributed by atoms with Crippen molar-refractivity contribution in [2.75, 3.05) is 40.5 Å². The van der Waals surface area contributed by atoms with Crippen LogP contribution in [0.25, 0.3) is 0 Å². The molecule has 0 amide bonds. The fourth-order valence-electron chi connectivity index (χ4n) is 4.77. The molecule has 2 aliphatic heterocycles. The average molecular weight is 385 g/mol. The van der Waals surface area contributed by atoms with Gasteiger partial charge < -0.3 is 18.9 Å². The van der Waals surface area contributed by atoms with Crippen LogP contribution < -0.4 is 0 Å². The second kappa shape index (κ2) is 9.65. The Hall–Kier alpha value is -0.730. The van der Waals surface area contributed by atoms with Crippen LogP contribution in [0.5, 0.6) is 0 Å². The maximum Gasteiger partial charge on any atom is 0.308 e. The molecule has 0 aromatic carbocycles. The van der Waals surface area contributed by atoms with Gasteiger partial charge in [0.25, 0.3) is 0 Å². The largest absolute Gasteiger partial charge is 0.466 e. The van der Waals surface area contributed by atoms with Crippen LogP contribution in [0.4, 0.5) is 0 Å². The molecule has 0 N–H and O–H groups in total. The number of nitrogens with zero attached hydrogens (tertiary/aromatic N) is 2. The van der Waals surface area contributed by atoms with Gasteiger partial charge in [0.15, 0.2) is 6.35 Å². The molecule has 0 radical (unpaired) electrons. The highest BCUT2D eigenvalue weighted by atomic mass is 16.7. The number of carbonyl (C=O) groups is 1. The van der Waals surface area contributed by atoms with E-state index in [1.165, 1.54) is 12.8 Å². The van der Waals surface area contributed by atoms with Gasteiger partial charge in [0.05, 0.1) is 18.6 Å². The zero-order valence-electron chi connectivity index (χ0n) is 17.2. The van der Waals surface area contributed by atoms with Gasteiger partial charge in [-0.25, -0.2) is 4.90 Å². The lowest BCUT2D eigenvalue weighted by atomic mass is 9.87. The molecule has 1 atom stereocenters. The summed E-state index contributed by atoms with van der Waals surface area (Å²) in [5.74, 6) is -0.724. The molecule has 27 heavy (non-hydrogen) atoms. The van der Waals surface area contributed by atoms with E-state index in [2.05, 4.69) is 9.80 Å². The van der Waals surface area contributed by atoms with E-state index in [1.54, 1.807) is 14.2 Å². The van der Waals surface area contributed by atoms with E-state index in [-0.39, 0.29) is 24.3 Å². The standard InChI is InChI=1S/C20H36N2O5/c1-4-26-18(23)16-8-10-17(11-9-16)27-19(21-13-5-6-14-21)22-15-7-12-20(22,24-2)25-3/h16-17,19H,4-15H2,1-3H3/t16-,17-,19?. The predicted molar refractivity (Wildman–Crippen MR) is 101 cm³/mol. The summed E-state index contributed by atoms with van der Waals surface area (Å²) >= 11 is 0. The quantitative estimate of drug-likeness (QED) is 0.471. The number of esters is 1. The Bertz CT molecular complexity index is 471. The van der Waals surface area contributed by atoms with E-state index in [1.807, 2.05) is 6.92 Å². The van der Waals surface area contributed by atoms with Crippen LogP contribution >= 0.6 is 0 Å². The summed E-state index contributed by atoms with van der Waals surface area (Å²) in [6.07, 6.45) is 7.81. The van der Waals surface area contributed by atoms with Crippen LogP contribution in [0.3, 0.4) is 0 Å². The van der Waals surface area contributed by atoms with Crippen molar-refractivity contribution >= 4 is 5.97 Å². The van der Waals surface area contributed by atoms with Crippen LogP contribution in [-0.4, -0.2) is 74.6 Å². The zero-order chi connectivity index (χ0) is 19.3. The van der Waals surface area contributed by atoms with Gasteiger partial charge in [0, 0.05) is 40.3 Å². The van der Waals surface area contributed by atoms with Crippen molar-refractivity contribution in [3.63, 3.8) is 0 Å². The van der Waals surface area contributed by atoms with Gasteiger partial charge in [0.2, 0.25) is 5.91 Å². The second-order valence-electron chi connectivity index (χ2n) is 7.85. The molecule has 3 rings (SSSR count). The van der Waals surface area contributed by atoms with Crippen molar-refractivity contribution in [3.05, 3.63) is 0 Å². The Balaban J connectivity index is 1.64. The minimum Gasteiger partial charge on any atom is -0.466 e. The first kappa shape index (κ1) is 21.0. The first-order valence-corrected chi connectivity index (χ1v) is 10.6. The first-order chi connectivity index (χ1) is 13.1. The molecular formula is C20H36N2O5. The smallest absolute Gasteiger partial charge is 0.308 e. The third-order valence-electron chi connectivity index (χ3n) is 6.30. The number of carbonyl (C=O) groups excluding carboxylic acids is 1. The highest BCUT2D eigenvalue weighted by Crippen LogP contribution is 2.37. The molecular weight excluding hydrogens is 348 g/mol. The summed E-state index contributed by atoms with van der Waals surface area (Å²) in [5, 5.41) is 0.